The number of aryl methyl sites for hydroxylation is 1. The summed E-state index contributed by atoms with van der Waals surface area (Å²) < 4.78 is 7.41. The molecule has 0 radical (unpaired) electrons. The number of hydrogen-bond donors (Lipinski definition) is 1. The van der Waals surface area contributed by atoms with Crippen LogP contribution in [0.4, 0.5) is 4.79 Å². The number of benzene rings is 2. The van der Waals surface area contributed by atoms with Crippen LogP contribution in [-0.4, -0.2) is 60.1 Å². The van der Waals surface area contributed by atoms with Crippen molar-refractivity contribution in [2.24, 2.45) is 0 Å². The first-order chi connectivity index (χ1) is 20.7. The van der Waals surface area contributed by atoms with E-state index in [0.717, 1.165) is 48.8 Å². The van der Waals surface area contributed by atoms with Crippen LogP contribution in [0.5, 0.6) is 0 Å². The minimum Gasteiger partial charge on any atom is -0.443 e. The predicted octanol–water partition coefficient (Wildman–Crippen LogP) is 6.02. The second-order valence-electron chi connectivity index (χ2n) is 12.4. The van der Waals surface area contributed by atoms with Gasteiger partial charge in [0.1, 0.15) is 11.4 Å². The number of carbonyl (C=O) groups excluding carboxylic acids is 2. The third-order valence-electron chi connectivity index (χ3n) is 8.28. The number of aliphatic hydroxyl groups excluding tert-OH is 1. The van der Waals surface area contributed by atoms with Crippen molar-refractivity contribution in [3.05, 3.63) is 95.1 Å². The summed E-state index contributed by atoms with van der Waals surface area (Å²) in [7, 11) is 0. The number of aliphatic hydroxyl groups is 1. The number of fused-ring (bicyclic) bond motifs is 3. The number of rotatable bonds is 8. The molecule has 2 atom stereocenters. The van der Waals surface area contributed by atoms with E-state index < -0.39 is 17.9 Å². The molecule has 0 saturated heterocycles. The summed E-state index contributed by atoms with van der Waals surface area (Å²) in [4.78, 5) is 40.0. The van der Waals surface area contributed by atoms with Gasteiger partial charge in [-0.3, -0.25) is 14.7 Å². The van der Waals surface area contributed by atoms with Crippen molar-refractivity contribution < 1.29 is 19.4 Å². The van der Waals surface area contributed by atoms with Gasteiger partial charge in [-0.05, 0) is 89.2 Å². The number of nitrogens with zero attached hydrogens (tertiary/aromatic N) is 5. The molecule has 1 aliphatic heterocycles. The fourth-order valence-corrected chi connectivity index (χ4v) is 6.33. The number of pyridine rings is 1. The topological polar surface area (TPSA) is 101 Å². The highest BCUT2D eigenvalue weighted by atomic mass is 16.6. The van der Waals surface area contributed by atoms with E-state index in [9.17, 15) is 14.7 Å². The Morgan fingerprint density at radius 2 is 1.86 bits per heavy atom. The summed E-state index contributed by atoms with van der Waals surface area (Å²) in [5.74, 6) is 0.496. The normalized spacial score (nSPS) is 18.3. The van der Waals surface area contributed by atoms with Gasteiger partial charge in [-0.1, -0.05) is 36.4 Å². The van der Waals surface area contributed by atoms with Crippen LogP contribution in [0.25, 0.3) is 11.0 Å². The average Bonchev–Trinajstić information content (AvgIpc) is 3.47. The molecule has 1 unspecified atom stereocenters. The Hall–Kier alpha value is -4.08. The van der Waals surface area contributed by atoms with Crippen LogP contribution in [0.3, 0.4) is 0 Å². The third-order valence-corrected chi connectivity index (χ3v) is 8.28. The Kier molecular flexibility index (Phi) is 8.03. The summed E-state index contributed by atoms with van der Waals surface area (Å²) >= 11 is 0. The standard InChI is InChI=1S/C34H39N5O4/c1-34(2,3)43-33(42)39-27-17-7-6-16-26(27)36-29(39)22-37(28-18-10-12-23-13-11-19-35-30(23)28)20-8-9-21-38-31(40)24-14-4-5-15-25(24)32(38)41/h4-7,11,13-17,19,28,31,40H,8-10,12,18,20-22H2,1-3H3/t28-,31?/m0/s1. The first-order valence-corrected chi connectivity index (χ1v) is 15.2. The number of unbranched alkanes of at least 4 members (excludes halogenated alkanes) is 1. The van der Waals surface area contributed by atoms with Gasteiger partial charge < -0.3 is 14.7 Å². The molecule has 2 aliphatic rings. The molecular formula is C34H39N5O4. The lowest BCUT2D eigenvalue weighted by Crippen LogP contribution is -2.35. The number of ether oxygens (including phenoxy) is 1. The number of carbonyl (C=O) groups is 2. The molecular weight excluding hydrogens is 542 g/mol. The molecule has 3 heterocycles. The molecule has 0 spiro atoms. The number of amides is 1. The second kappa shape index (κ2) is 11.9. The van der Waals surface area contributed by atoms with Crippen LogP contribution in [0, 0.1) is 0 Å². The van der Waals surface area contributed by atoms with Gasteiger partial charge in [0.05, 0.1) is 29.3 Å². The monoisotopic (exact) mass is 581 g/mol. The lowest BCUT2D eigenvalue weighted by molar-refractivity contribution is 0.0164. The van der Waals surface area contributed by atoms with E-state index in [1.807, 2.05) is 75.5 Å². The SMILES string of the molecule is CC(C)(C)OC(=O)n1c(CN(CCCCN2C(=O)c3ccccc3C2O)[C@H]2CCCc3cccnc32)nc2ccccc21. The van der Waals surface area contributed by atoms with E-state index in [-0.39, 0.29) is 11.9 Å². The molecule has 1 amide bonds. The fraction of sp³-hybridized carbons (Fsp3) is 0.412. The van der Waals surface area contributed by atoms with Gasteiger partial charge in [-0.15, -0.1) is 0 Å². The van der Waals surface area contributed by atoms with Gasteiger partial charge in [-0.2, -0.15) is 0 Å². The van der Waals surface area contributed by atoms with Crippen molar-refractivity contribution in [2.45, 2.75) is 77.3 Å². The number of para-hydroxylation sites is 2. The van der Waals surface area contributed by atoms with Crippen molar-refractivity contribution in [3.8, 4) is 0 Å². The van der Waals surface area contributed by atoms with E-state index in [2.05, 4.69) is 11.0 Å². The van der Waals surface area contributed by atoms with Crippen LogP contribution in [-0.2, 0) is 17.7 Å². The molecule has 43 heavy (non-hydrogen) atoms. The maximum atomic E-state index is 13.5. The highest BCUT2D eigenvalue weighted by molar-refractivity contribution is 5.98. The summed E-state index contributed by atoms with van der Waals surface area (Å²) in [5.41, 5.74) is 4.38. The van der Waals surface area contributed by atoms with Crippen LogP contribution in [0.1, 0.15) is 91.7 Å². The van der Waals surface area contributed by atoms with Crippen LogP contribution >= 0.6 is 0 Å². The summed E-state index contributed by atoms with van der Waals surface area (Å²) in [6.07, 6.45) is 5.01. The van der Waals surface area contributed by atoms with Gasteiger partial charge in [0.2, 0.25) is 0 Å². The van der Waals surface area contributed by atoms with Gasteiger partial charge in [-0.25, -0.2) is 14.3 Å². The molecule has 2 aromatic carbocycles. The van der Waals surface area contributed by atoms with Crippen LogP contribution in [0.2, 0.25) is 0 Å². The molecule has 0 bridgehead atoms. The van der Waals surface area contributed by atoms with Crippen LogP contribution < -0.4 is 0 Å². The molecule has 9 heteroatoms. The zero-order valence-corrected chi connectivity index (χ0v) is 25.1. The number of aromatic nitrogens is 3. The smallest absolute Gasteiger partial charge is 0.420 e. The Bertz CT molecular complexity index is 1640. The Morgan fingerprint density at radius 1 is 1.07 bits per heavy atom. The van der Waals surface area contributed by atoms with E-state index in [4.69, 9.17) is 14.7 Å². The van der Waals surface area contributed by atoms with E-state index >= 15 is 0 Å². The first-order valence-electron chi connectivity index (χ1n) is 15.2. The molecule has 0 saturated carbocycles. The molecule has 1 N–H and O–H groups in total. The predicted molar refractivity (Wildman–Crippen MR) is 163 cm³/mol. The Morgan fingerprint density at radius 3 is 2.67 bits per heavy atom. The lowest BCUT2D eigenvalue weighted by atomic mass is 9.90. The van der Waals surface area contributed by atoms with E-state index in [1.54, 1.807) is 15.5 Å². The maximum absolute atomic E-state index is 13.5. The van der Waals surface area contributed by atoms with Gasteiger partial charge in [0.25, 0.3) is 5.91 Å². The Balaban J connectivity index is 1.25. The highest BCUT2D eigenvalue weighted by Gasteiger charge is 2.35. The van der Waals surface area contributed by atoms with Crippen molar-refractivity contribution in [1.29, 1.82) is 0 Å². The van der Waals surface area contributed by atoms with Crippen molar-refractivity contribution in [3.63, 3.8) is 0 Å². The summed E-state index contributed by atoms with van der Waals surface area (Å²) in [6.45, 7) is 7.19. The van der Waals surface area contributed by atoms with Crippen molar-refractivity contribution >= 4 is 23.0 Å². The van der Waals surface area contributed by atoms with Crippen molar-refractivity contribution in [1.82, 2.24) is 24.3 Å². The van der Waals surface area contributed by atoms with E-state index in [1.165, 1.54) is 5.56 Å². The molecule has 1 aliphatic carbocycles. The average molecular weight is 582 g/mol. The second-order valence-corrected chi connectivity index (χ2v) is 12.4. The molecule has 4 aromatic rings. The molecule has 9 nitrogen and oxygen atoms in total. The summed E-state index contributed by atoms with van der Waals surface area (Å²) in [6, 6.07) is 19.1. The van der Waals surface area contributed by atoms with Crippen LogP contribution in [0.15, 0.2) is 66.9 Å². The Labute approximate surface area is 252 Å². The van der Waals surface area contributed by atoms with Crippen molar-refractivity contribution in [2.75, 3.05) is 13.1 Å². The first kappa shape index (κ1) is 29.0. The fourth-order valence-electron chi connectivity index (χ4n) is 6.33. The van der Waals surface area contributed by atoms with Gasteiger partial charge in [0.15, 0.2) is 6.23 Å². The molecule has 6 rings (SSSR count). The lowest BCUT2D eigenvalue weighted by Gasteiger charge is -2.35. The zero-order valence-electron chi connectivity index (χ0n) is 25.1. The molecule has 2 aromatic heterocycles. The maximum Gasteiger partial charge on any atom is 0.420 e. The summed E-state index contributed by atoms with van der Waals surface area (Å²) in [5, 5.41) is 10.8. The number of imidazole rings is 1. The van der Waals surface area contributed by atoms with Gasteiger partial charge >= 0.3 is 6.09 Å². The van der Waals surface area contributed by atoms with E-state index in [0.29, 0.717) is 36.6 Å². The van der Waals surface area contributed by atoms with Gasteiger partial charge in [0, 0.05) is 23.9 Å². The minimum absolute atomic E-state index is 0.0695. The highest BCUT2D eigenvalue weighted by Crippen LogP contribution is 2.35. The minimum atomic E-state index is -0.914. The quantitative estimate of drug-likeness (QED) is 0.254. The third kappa shape index (κ3) is 5.92. The zero-order chi connectivity index (χ0) is 30.1. The molecule has 224 valence electrons. The number of hydrogen-bond acceptors (Lipinski definition) is 7. The largest absolute Gasteiger partial charge is 0.443 e. The molecule has 0 fully saturated rings.